The average molecular weight is 342 g/mol. The molecule has 0 aliphatic carbocycles. The van der Waals surface area contributed by atoms with Gasteiger partial charge >= 0.3 is 0 Å². The van der Waals surface area contributed by atoms with Gasteiger partial charge in [-0.05, 0) is 36.2 Å². The number of hydrogen-bond acceptors (Lipinski definition) is 6. The molecule has 1 saturated heterocycles. The Balaban J connectivity index is 1.50. The Kier molecular flexibility index (Phi) is 5.79. The molecule has 1 aliphatic rings. The maximum absolute atomic E-state index is 12.2. The van der Waals surface area contributed by atoms with Gasteiger partial charge in [0.25, 0.3) is 5.91 Å². The number of nitrogens with one attached hydrogen (secondary N) is 1. The van der Waals surface area contributed by atoms with Gasteiger partial charge in [-0.1, -0.05) is 12.1 Å². The van der Waals surface area contributed by atoms with Crippen LogP contribution in [0.25, 0.3) is 0 Å². The lowest BCUT2D eigenvalue weighted by atomic mass is 10.1. The first-order valence-electron chi connectivity index (χ1n) is 8.34. The molecule has 1 amide bonds. The van der Waals surface area contributed by atoms with Crippen molar-refractivity contribution in [2.75, 3.05) is 44.9 Å². The molecule has 132 valence electrons. The standard InChI is InChI=1S/C18H22N4O3/c1-24-15-4-2-3-14(13-15)7-8-19-18(23)16-5-6-17(21-20-16)22-9-11-25-12-10-22/h2-6,13H,7-12H2,1H3,(H,19,23). The predicted octanol–water partition coefficient (Wildman–Crippen LogP) is 1.29. The van der Waals surface area contributed by atoms with Crippen LogP contribution >= 0.6 is 0 Å². The minimum absolute atomic E-state index is 0.219. The topological polar surface area (TPSA) is 76.6 Å². The summed E-state index contributed by atoms with van der Waals surface area (Å²) < 4.78 is 10.5. The summed E-state index contributed by atoms with van der Waals surface area (Å²) in [6.07, 6.45) is 0.724. The Morgan fingerprint density at radius 2 is 2.08 bits per heavy atom. The van der Waals surface area contributed by atoms with Crippen molar-refractivity contribution in [2.24, 2.45) is 0 Å². The van der Waals surface area contributed by atoms with Crippen LogP contribution in [0.1, 0.15) is 16.1 Å². The van der Waals surface area contributed by atoms with Crippen molar-refractivity contribution < 1.29 is 14.3 Å². The minimum Gasteiger partial charge on any atom is -0.497 e. The lowest BCUT2D eigenvalue weighted by Gasteiger charge is -2.27. The predicted molar refractivity (Wildman–Crippen MR) is 94.1 cm³/mol. The summed E-state index contributed by atoms with van der Waals surface area (Å²) in [6.45, 7) is 3.49. The lowest BCUT2D eigenvalue weighted by molar-refractivity contribution is 0.0948. The molecule has 2 heterocycles. The second-order valence-corrected chi connectivity index (χ2v) is 5.73. The Labute approximate surface area is 147 Å². The molecule has 1 N–H and O–H groups in total. The van der Waals surface area contributed by atoms with Crippen LogP contribution in [-0.2, 0) is 11.2 Å². The van der Waals surface area contributed by atoms with Crippen LogP contribution in [0.3, 0.4) is 0 Å². The van der Waals surface area contributed by atoms with E-state index in [1.807, 2.05) is 30.3 Å². The highest BCUT2D eigenvalue weighted by atomic mass is 16.5. The van der Waals surface area contributed by atoms with Crippen LogP contribution in [0.4, 0.5) is 5.82 Å². The van der Waals surface area contributed by atoms with Gasteiger partial charge in [0.05, 0.1) is 20.3 Å². The first kappa shape index (κ1) is 17.2. The van der Waals surface area contributed by atoms with Crippen molar-refractivity contribution in [3.8, 4) is 5.75 Å². The van der Waals surface area contributed by atoms with E-state index in [1.54, 1.807) is 13.2 Å². The lowest BCUT2D eigenvalue weighted by Crippen LogP contribution is -2.37. The second kappa shape index (κ2) is 8.43. The zero-order valence-electron chi connectivity index (χ0n) is 14.3. The number of anilines is 1. The molecule has 0 saturated carbocycles. The molecule has 0 atom stereocenters. The average Bonchev–Trinajstić information content (AvgIpc) is 2.69. The quantitative estimate of drug-likeness (QED) is 0.853. The van der Waals surface area contributed by atoms with Crippen LogP contribution in [-0.4, -0.2) is 56.1 Å². The number of aromatic nitrogens is 2. The molecule has 0 unspecified atom stereocenters. The Bertz CT molecular complexity index is 700. The molecular weight excluding hydrogens is 320 g/mol. The third kappa shape index (κ3) is 4.67. The Morgan fingerprint density at radius 1 is 1.24 bits per heavy atom. The molecule has 0 radical (unpaired) electrons. The van der Waals surface area contributed by atoms with Crippen molar-refractivity contribution in [1.29, 1.82) is 0 Å². The number of carbonyl (C=O) groups excluding carboxylic acids is 1. The highest BCUT2D eigenvalue weighted by Crippen LogP contribution is 2.13. The zero-order valence-corrected chi connectivity index (χ0v) is 14.3. The fourth-order valence-electron chi connectivity index (χ4n) is 2.65. The number of nitrogens with zero attached hydrogens (tertiary/aromatic N) is 3. The van der Waals surface area contributed by atoms with E-state index in [1.165, 1.54) is 0 Å². The largest absolute Gasteiger partial charge is 0.497 e. The molecular formula is C18H22N4O3. The fraction of sp³-hybridized carbons (Fsp3) is 0.389. The van der Waals surface area contributed by atoms with Crippen molar-refractivity contribution in [1.82, 2.24) is 15.5 Å². The van der Waals surface area contributed by atoms with E-state index in [9.17, 15) is 4.79 Å². The first-order valence-corrected chi connectivity index (χ1v) is 8.34. The summed E-state index contributed by atoms with van der Waals surface area (Å²) >= 11 is 0. The highest BCUT2D eigenvalue weighted by molar-refractivity contribution is 5.92. The monoisotopic (exact) mass is 342 g/mol. The number of ether oxygens (including phenoxy) is 2. The molecule has 3 rings (SSSR count). The van der Waals surface area contributed by atoms with Gasteiger partial charge in [0.15, 0.2) is 11.5 Å². The summed E-state index contributed by atoms with van der Waals surface area (Å²) in [5.41, 5.74) is 1.43. The normalized spacial score (nSPS) is 14.2. The van der Waals surface area contributed by atoms with Crippen LogP contribution in [0.5, 0.6) is 5.75 Å². The zero-order chi connectivity index (χ0) is 17.5. The number of amides is 1. The third-order valence-electron chi connectivity index (χ3n) is 4.05. The van der Waals surface area contributed by atoms with Gasteiger partial charge in [0.2, 0.25) is 0 Å². The Morgan fingerprint density at radius 3 is 2.80 bits per heavy atom. The van der Waals surface area contributed by atoms with E-state index in [4.69, 9.17) is 9.47 Å². The van der Waals surface area contributed by atoms with Crippen LogP contribution in [0.15, 0.2) is 36.4 Å². The van der Waals surface area contributed by atoms with Crippen molar-refractivity contribution in [3.05, 3.63) is 47.7 Å². The molecule has 25 heavy (non-hydrogen) atoms. The summed E-state index contributed by atoms with van der Waals surface area (Å²) in [7, 11) is 1.64. The van der Waals surface area contributed by atoms with Gasteiger partial charge in [0.1, 0.15) is 5.75 Å². The van der Waals surface area contributed by atoms with Crippen LogP contribution in [0.2, 0.25) is 0 Å². The fourth-order valence-corrected chi connectivity index (χ4v) is 2.65. The third-order valence-corrected chi connectivity index (χ3v) is 4.05. The molecule has 7 heteroatoms. The molecule has 1 aromatic heterocycles. The first-order chi connectivity index (χ1) is 12.3. The summed E-state index contributed by atoms with van der Waals surface area (Å²) in [4.78, 5) is 14.3. The summed E-state index contributed by atoms with van der Waals surface area (Å²) in [5, 5.41) is 11.1. The van der Waals surface area contributed by atoms with Gasteiger partial charge in [0, 0.05) is 19.6 Å². The number of morpholine rings is 1. The molecule has 1 fully saturated rings. The van der Waals surface area contributed by atoms with E-state index in [2.05, 4.69) is 20.4 Å². The van der Waals surface area contributed by atoms with E-state index < -0.39 is 0 Å². The maximum atomic E-state index is 12.2. The second-order valence-electron chi connectivity index (χ2n) is 5.73. The number of carbonyl (C=O) groups is 1. The van der Waals surface area contributed by atoms with Crippen LogP contribution in [0, 0.1) is 0 Å². The summed E-state index contributed by atoms with van der Waals surface area (Å²) in [6, 6.07) is 11.3. The maximum Gasteiger partial charge on any atom is 0.271 e. The van der Waals surface area contributed by atoms with Crippen molar-refractivity contribution in [3.63, 3.8) is 0 Å². The van der Waals surface area contributed by atoms with Gasteiger partial charge < -0.3 is 19.7 Å². The number of rotatable bonds is 6. The summed E-state index contributed by atoms with van der Waals surface area (Å²) in [5.74, 6) is 1.37. The van der Waals surface area contributed by atoms with Gasteiger partial charge in [-0.15, -0.1) is 10.2 Å². The van der Waals surface area contributed by atoms with E-state index in [-0.39, 0.29) is 5.91 Å². The van der Waals surface area contributed by atoms with E-state index in [0.717, 1.165) is 36.6 Å². The minimum atomic E-state index is -0.219. The van der Waals surface area contributed by atoms with Gasteiger partial charge in [-0.2, -0.15) is 0 Å². The van der Waals surface area contributed by atoms with Crippen LogP contribution < -0.4 is 15.0 Å². The number of methoxy groups -OCH3 is 1. The molecule has 1 aromatic carbocycles. The molecule has 0 spiro atoms. The molecule has 1 aliphatic heterocycles. The van der Waals surface area contributed by atoms with E-state index >= 15 is 0 Å². The van der Waals surface area contributed by atoms with Crippen molar-refractivity contribution in [2.45, 2.75) is 6.42 Å². The van der Waals surface area contributed by atoms with Crippen molar-refractivity contribution >= 4 is 11.7 Å². The number of hydrogen-bond donors (Lipinski definition) is 1. The molecule has 0 bridgehead atoms. The van der Waals surface area contributed by atoms with E-state index in [0.29, 0.717) is 25.5 Å². The van der Waals surface area contributed by atoms with Gasteiger partial charge in [-0.25, -0.2) is 0 Å². The highest BCUT2D eigenvalue weighted by Gasteiger charge is 2.14. The smallest absolute Gasteiger partial charge is 0.271 e. The molecule has 2 aromatic rings. The number of benzene rings is 1. The molecule has 7 nitrogen and oxygen atoms in total. The SMILES string of the molecule is COc1cccc(CCNC(=O)c2ccc(N3CCOCC3)nn2)c1. The van der Waals surface area contributed by atoms with Gasteiger partial charge in [-0.3, -0.25) is 4.79 Å². The Hall–Kier alpha value is -2.67.